The molecule has 1 fully saturated rings. The van der Waals surface area contributed by atoms with Crippen LogP contribution < -0.4 is 5.32 Å². The standard InChI is InChI=1S/C25H34N4O2/c1-19-6-5-7-22(14-19)16-28-10-12-29(13-11-28)25(31)18-27(4)17-24(30)26-23-15-20(2)8-9-21(23)3/h5-9,14-15H,10-13,16-18H2,1-4H3,(H,26,30). The highest BCUT2D eigenvalue weighted by Crippen LogP contribution is 2.16. The van der Waals surface area contributed by atoms with Crippen molar-refractivity contribution in [1.82, 2.24) is 14.7 Å². The molecule has 3 rings (SSSR count). The van der Waals surface area contributed by atoms with E-state index in [4.69, 9.17) is 0 Å². The Morgan fingerprint density at radius 2 is 1.65 bits per heavy atom. The van der Waals surface area contributed by atoms with Gasteiger partial charge in [0.15, 0.2) is 0 Å². The van der Waals surface area contributed by atoms with Gasteiger partial charge in [0.2, 0.25) is 11.8 Å². The Balaban J connectivity index is 1.41. The van der Waals surface area contributed by atoms with E-state index in [-0.39, 0.29) is 24.9 Å². The molecule has 1 aliphatic rings. The molecule has 2 aromatic carbocycles. The van der Waals surface area contributed by atoms with Crippen molar-refractivity contribution in [2.24, 2.45) is 0 Å². The summed E-state index contributed by atoms with van der Waals surface area (Å²) in [6, 6.07) is 14.6. The highest BCUT2D eigenvalue weighted by Gasteiger charge is 2.22. The highest BCUT2D eigenvalue weighted by molar-refractivity contribution is 5.93. The number of benzene rings is 2. The van der Waals surface area contributed by atoms with Crippen molar-refractivity contribution in [1.29, 1.82) is 0 Å². The first-order valence-corrected chi connectivity index (χ1v) is 10.9. The number of aryl methyl sites for hydroxylation is 3. The van der Waals surface area contributed by atoms with Gasteiger partial charge in [0.1, 0.15) is 0 Å². The number of carbonyl (C=O) groups is 2. The van der Waals surface area contributed by atoms with E-state index in [1.807, 2.05) is 44.0 Å². The van der Waals surface area contributed by atoms with E-state index < -0.39 is 0 Å². The van der Waals surface area contributed by atoms with Crippen LogP contribution in [0.2, 0.25) is 0 Å². The van der Waals surface area contributed by atoms with Gasteiger partial charge >= 0.3 is 0 Å². The first-order chi connectivity index (χ1) is 14.8. The van der Waals surface area contributed by atoms with Crippen molar-refractivity contribution in [2.75, 3.05) is 51.6 Å². The van der Waals surface area contributed by atoms with Crippen LogP contribution in [-0.4, -0.2) is 72.8 Å². The smallest absolute Gasteiger partial charge is 0.238 e. The second kappa shape index (κ2) is 10.6. The minimum absolute atomic E-state index is 0.0808. The number of carbonyl (C=O) groups excluding carboxylic acids is 2. The molecule has 0 spiro atoms. The average Bonchev–Trinajstić information content (AvgIpc) is 2.71. The van der Waals surface area contributed by atoms with Crippen LogP contribution in [0.15, 0.2) is 42.5 Å². The zero-order valence-corrected chi connectivity index (χ0v) is 19.1. The minimum Gasteiger partial charge on any atom is -0.339 e. The molecule has 6 heteroatoms. The molecular weight excluding hydrogens is 388 g/mol. The van der Waals surface area contributed by atoms with E-state index >= 15 is 0 Å². The second-order valence-electron chi connectivity index (χ2n) is 8.68. The van der Waals surface area contributed by atoms with E-state index in [1.165, 1.54) is 11.1 Å². The zero-order chi connectivity index (χ0) is 22.4. The van der Waals surface area contributed by atoms with Crippen molar-refractivity contribution >= 4 is 17.5 Å². The molecule has 0 aromatic heterocycles. The number of nitrogens with one attached hydrogen (secondary N) is 1. The summed E-state index contributed by atoms with van der Waals surface area (Å²) in [4.78, 5) is 31.2. The minimum atomic E-state index is -0.105. The van der Waals surface area contributed by atoms with Gasteiger partial charge in [-0.05, 0) is 50.6 Å². The lowest BCUT2D eigenvalue weighted by Crippen LogP contribution is -2.51. The number of nitrogens with zero attached hydrogens (tertiary/aromatic N) is 3. The van der Waals surface area contributed by atoms with E-state index in [2.05, 4.69) is 41.4 Å². The Kier molecular flexibility index (Phi) is 7.82. The molecule has 31 heavy (non-hydrogen) atoms. The van der Waals surface area contributed by atoms with Gasteiger partial charge in [-0.2, -0.15) is 0 Å². The fourth-order valence-electron chi connectivity index (χ4n) is 3.92. The molecule has 2 amide bonds. The molecule has 1 heterocycles. The molecule has 0 radical (unpaired) electrons. The fraction of sp³-hybridized carbons (Fsp3) is 0.440. The Hall–Kier alpha value is -2.70. The zero-order valence-electron chi connectivity index (χ0n) is 19.1. The maximum Gasteiger partial charge on any atom is 0.238 e. The predicted octanol–water partition coefficient (Wildman–Crippen LogP) is 2.83. The number of piperazine rings is 1. The van der Waals surface area contributed by atoms with Gasteiger partial charge in [0.25, 0.3) is 0 Å². The monoisotopic (exact) mass is 422 g/mol. The summed E-state index contributed by atoms with van der Waals surface area (Å²) in [5, 5.41) is 2.96. The van der Waals surface area contributed by atoms with E-state index in [0.717, 1.165) is 49.5 Å². The molecule has 0 atom stereocenters. The quantitative estimate of drug-likeness (QED) is 0.746. The molecule has 0 bridgehead atoms. The van der Waals surface area contributed by atoms with Crippen LogP contribution in [0.3, 0.4) is 0 Å². The average molecular weight is 423 g/mol. The lowest BCUT2D eigenvalue weighted by atomic mass is 10.1. The molecule has 1 aliphatic heterocycles. The van der Waals surface area contributed by atoms with Crippen LogP contribution in [0.25, 0.3) is 0 Å². The Labute approximate surface area is 185 Å². The van der Waals surface area contributed by atoms with Crippen LogP contribution >= 0.6 is 0 Å². The number of hydrogen-bond donors (Lipinski definition) is 1. The normalized spacial score (nSPS) is 14.7. The molecule has 6 nitrogen and oxygen atoms in total. The van der Waals surface area contributed by atoms with Crippen molar-refractivity contribution in [3.63, 3.8) is 0 Å². The third-order valence-electron chi connectivity index (χ3n) is 5.70. The predicted molar refractivity (Wildman–Crippen MR) is 125 cm³/mol. The van der Waals surface area contributed by atoms with Crippen molar-refractivity contribution in [2.45, 2.75) is 27.3 Å². The molecule has 2 aromatic rings. The van der Waals surface area contributed by atoms with Gasteiger partial charge in [-0.1, -0.05) is 42.0 Å². The summed E-state index contributed by atoms with van der Waals surface area (Å²) >= 11 is 0. The SMILES string of the molecule is Cc1cccc(CN2CCN(C(=O)CN(C)CC(=O)Nc3cc(C)ccc3C)CC2)c1. The lowest BCUT2D eigenvalue weighted by Gasteiger charge is -2.35. The molecule has 166 valence electrons. The second-order valence-corrected chi connectivity index (χ2v) is 8.68. The summed E-state index contributed by atoms with van der Waals surface area (Å²) in [7, 11) is 1.81. The molecule has 1 saturated heterocycles. The van der Waals surface area contributed by atoms with Crippen LogP contribution in [0.5, 0.6) is 0 Å². The van der Waals surface area contributed by atoms with E-state index in [0.29, 0.717) is 0 Å². The van der Waals surface area contributed by atoms with Crippen LogP contribution in [-0.2, 0) is 16.1 Å². The number of anilines is 1. The number of hydrogen-bond acceptors (Lipinski definition) is 4. The lowest BCUT2D eigenvalue weighted by molar-refractivity contribution is -0.134. The first-order valence-electron chi connectivity index (χ1n) is 10.9. The van der Waals surface area contributed by atoms with Crippen LogP contribution in [0.1, 0.15) is 22.3 Å². The third-order valence-corrected chi connectivity index (χ3v) is 5.70. The molecule has 1 N–H and O–H groups in total. The van der Waals surface area contributed by atoms with Crippen molar-refractivity contribution in [3.8, 4) is 0 Å². The third kappa shape index (κ3) is 6.91. The van der Waals surface area contributed by atoms with Crippen LogP contribution in [0.4, 0.5) is 5.69 Å². The number of likely N-dealkylation sites (N-methyl/N-ethyl adjacent to an activating group) is 1. The number of rotatable bonds is 7. The van der Waals surface area contributed by atoms with Gasteiger partial charge in [0, 0.05) is 38.4 Å². The maximum atomic E-state index is 12.7. The summed E-state index contributed by atoms with van der Waals surface area (Å²) in [5.41, 5.74) is 5.55. The van der Waals surface area contributed by atoms with Gasteiger partial charge in [-0.15, -0.1) is 0 Å². The molecular formula is C25H34N4O2. The molecule has 0 aliphatic carbocycles. The Morgan fingerprint density at radius 1 is 0.935 bits per heavy atom. The maximum absolute atomic E-state index is 12.7. The van der Waals surface area contributed by atoms with Crippen molar-refractivity contribution < 1.29 is 9.59 Å². The number of amides is 2. The van der Waals surface area contributed by atoms with Crippen LogP contribution in [0, 0.1) is 20.8 Å². The van der Waals surface area contributed by atoms with Crippen molar-refractivity contribution in [3.05, 3.63) is 64.7 Å². The Morgan fingerprint density at radius 3 is 2.35 bits per heavy atom. The highest BCUT2D eigenvalue weighted by atomic mass is 16.2. The van der Waals surface area contributed by atoms with Gasteiger partial charge < -0.3 is 10.2 Å². The van der Waals surface area contributed by atoms with E-state index in [9.17, 15) is 9.59 Å². The summed E-state index contributed by atoms with van der Waals surface area (Å²) in [6.45, 7) is 10.6. The van der Waals surface area contributed by atoms with E-state index in [1.54, 1.807) is 4.90 Å². The summed E-state index contributed by atoms with van der Waals surface area (Å²) in [6.07, 6.45) is 0. The topological polar surface area (TPSA) is 55.9 Å². The molecule has 0 saturated carbocycles. The fourth-order valence-corrected chi connectivity index (χ4v) is 3.92. The van der Waals surface area contributed by atoms with Gasteiger partial charge in [0.05, 0.1) is 13.1 Å². The van der Waals surface area contributed by atoms with Gasteiger partial charge in [-0.25, -0.2) is 0 Å². The Bertz CT molecular complexity index is 919. The van der Waals surface area contributed by atoms with Gasteiger partial charge in [-0.3, -0.25) is 19.4 Å². The summed E-state index contributed by atoms with van der Waals surface area (Å²) in [5.74, 6) is -0.0239. The summed E-state index contributed by atoms with van der Waals surface area (Å²) < 4.78 is 0. The largest absolute Gasteiger partial charge is 0.339 e. The molecule has 0 unspecified atom stereocenters. The first kappa shape index (κ1) is 23.0.